The van der Waals surface area contributed by atoms with E-state index in [-0.39, 0.29) is 35.9 Å². The van der Waals surface area contributed by atoms with Gasteiger partial charge in [-0.05, 0) is 18.6 Å². The second kappa shape index (κ2) is 7.25. The Morgan fingerprint density at radius 3 is 2.32 bits per heavy atom. The third kappa shape index (κ3) is 4.50. The third-order valence-electron chi connectivity index (χ3n) is 2.46. The van der Waals surface area contributed by atoms with E-state index in [0.29, 0.717) is 6.54 Å². The minimum absolute atomic E-state index is 0.141. The van der Waals surface area contributed by atoms with E-state index >= 15 is 0 Å². The minimum Gasteiger partial charge on any atom is -0.507 e. The van der Waals surface area contributed by atoms with Gasteiger partial charge in [-0.25, -0.2) is 0 Å². The van der Waals surface area contributed by atoms with Crippen LogP contribution in [0.1, 0.15) is 30.1 Å². The molecule has 1 rings (SSSR count). The summed E-state index contributed by atoms with van der Waals surface area (Å²) in [4.78, 5) is 23.0. The standard InChI is InChI=1S/C13H18N2O4/c1-2-7-14-11(18)6-8-15-13(19)12-9(16)4-3-5-10(12)17/h3-5,16-17H,2,6-8H2,1H3,(H,14,18)(H,15,19). The van der Waals surface area contributed by atoms with Crippen molar-refractivity contribution in [3.8, 4) is 11.5 Å². The SMILES string of the molecule is CCCNC(=O)CCNC(=O)c1c(O)cccc1O. The highest BCUT2D eigenvalue weighted by molar-refractivity contribution is 5.99. The predicted molar refractivity (Wildman–Crippen MR) is 70.0 cm³/mol. The van der Waals surface area contributed by atoms with Gasteiger partial charge in [-0.3, -0.25) is 9.59 Å². The first-order valence-corrected chi connectivity index (χ1v) is 6.12. The molecule has 2 amide bonds. The smallest absolute Gasteiger partial charge is 0.258 e. The molecule has 0 aliphatic carbocycles. The molecule has 0 fully saturated rings. The number of rotatable bonds is 6. The summed E-state index contributed by atoms with van der Waals surface area (Å²) in [5.74, 6) is -1.36. The second-order valence-electron chi connectivity index (χ2n) is 4.03. The summed E-state index contributed by atoms with van der Waals surface area (Å²) in [6.45, 7) is 2.69. The molecular weight excluding hydrogens is 248 g/mol. The average molecular weight is 266 g/mol. The average Bonchev–Trinajstić information content (AvgIpc) is 2.36. The molecular formula is C13H18N2O4. The topological polar surface area (TPSA) is 98.7 Å². The quantitative estimate of drug-likeness (QED) is 0.610. The van der Waals surface area contributed by atoms with Gasteiger partial charge in [0.25, 0.3) is 5.91 Å². The van der Waals surface area contributed by atoms with Gasteiger partial charge >= 0.3 is 0 Å². The third-order valence-corrected chi connectivity index (χ3v) is 2.46. The van der Waals surface area contributed by atoms with Gasteiger partial charge in [0.15, 0.2) is 0 Å². The van der Waals surface area contributed by atoms with Crippen LogP contribution in [0.5, 0.6) is 11.5 Å². The number of carbonyl (C=O) groups is 2. The van der Waals surface area contributed by atoms with Crippen molar-refractivity contribution >= 4 is 11.8 Å². The van der Waals surface area contributed by atoms with Gasteiger partial charge in [-0.1, -0.05) is 13.0 Å². The molecule has 19 heavy (non-hydrogen) atoms. The largest absolute Gasteiger partial charge is 0.507 e. The Labute approximate surface area is 111 Å². The van der Waals surface area contributed by atoms with Crippen molar-refractivity contribution in [1.82, 2.24) is 10.6 Å². The summed E-state index contributed by atoms with van der Waals surface area (Å²) in [5, 5.41) is 24.1. The van der Waals surface area contributed by atoms with Crippen molar-refractivity contribution in [3.05, 3.63) is 23.8 Å². The van der Waals surface area contributed by atoms with Crippen molar-refractivity contribution in [2.24, 2.45) is 0 Å². The van der Waals surface area contributed by atoms with Crippen LogP contribution in [0.2, 0.25) is 0 Å². The Morgan fingerprint density at radius 1 is 1.11 bits per heavy atom. The first-order valence-electron chi connectivity index (χ1n) is 6.12. The van der Waals surface area contributed by atoms with Crippen LogP contribution >= 0.6 is 0 Å². The van der Waals surface area contributed by atoms with E-state index in [1.54, 1.807) is 0 Å². The van der Waals surface area contributed by atoms with Crippen LogP contribution in [0, 0.1) is 0 Å². The van der Waals surface area contributed by atoms with Gasteiger partial charge in [0, 0.05) is 19.5 Å². The highest BCUT2D eigenvalue weighted by Crippen LogP contribution is 2.25. The van der Waals surface area contributed by atoms with E-state index in [9.17, 15) is 19.8 Å². The monoisotopic (exact) mass is 266 g/mol. The van der Waals surface area contributed by atoms with Crippen molar-refractivity contribution in [1.29, 1.82) is 0 Å². The molecule has 0 saturated carbocycles. The van der Waals surface area contributed by atoms with Crippen molar-refractivity contribution in [3.63, 3.8) is 0 Å². The van der Waals surface area contributed by atoms with Crippen molar-refractivity contribution in [2.75, 3.05) is 13.1 Å². The van der Waals surface area contributed by atoms with E-state index in [2.05, 4.69) is 10.6 Å². The molecule has 0 unspecified atom stereocenters. The van der Waals surface area contributed by atoms with Crippen LogP contribution in [-0.4, -0.2) is 35.1 Å². The molecule has 1 aromatic carbocycles. The zero-order valence-electron chi connectivity index (χ0n) is 10.8. The lowest BCUT2D eigenvalue weighted by Gasteiger charge is -2.08. The van der Waals surface area contributed by atoms with Gasteiger partial charge < -0.3 is 20.8 Å². The fourth-order valence-corrected chi connectivity index (χ4v) is 1.49. The molecule has 0 heterocycles. The lowest BCUT2D eigenvalue weighted by molar-refractivity contribution is -0.120. The zero-order valence-corrected chi connectivity index (χ0v) is 10.8. The molecule has 6 heteroatoms. The van der Waals surface area contributed by atoms with Crippen LogP contribution in [0.4, 0.5) is 0 Å². The number of phenolic OH excluding ortho intramolecular Hbond substituents is 2. The van der Waals surface area contributed by atoms with Crippen LogP contribution < -0.4 is 10.6 Å². The number of hydrogen-bond donors (Lipinski definition) is 4. The molecule has 0 aromatic heterocycles. The summed E-state index contributed by atoms with van der Waals surface area (Å²) in [5.41, 5.74) is -0.184. The molecule has 0 bridgehead atoms. The number of hydrogen-bond acceptors (Lipinski definition) is 4. The van der Waals surface area contributed by atoms with Gasteiger partial charge in [0.2, 0.25) is 5.91 Å². The molecule has 0 aliphatic rings. The number of nitrogens with one attached hydrogen (secondary N) is 2. The molecule has 104 valence electrons. The Bertz CT molecular complexity index is 440. The number of amides is 2. The molecule has 0 saturated heterocycles. The summed E-state index contributed by atoms with van der Waals surface area (Å²) in [6, 6.07) is 4.05. The Morgan fingerprint density at radius 2 is 1.74 bits per heavy atom. The fraction of sp³-hybridized carbons (Fsp3) is 0.385. The van der Waals surface area contributed by atoms with E-state index in [0.717, 1.165) is 6.42 Å². The summed E-state index contributed by atoms with van der Waals surface area (Å²) in [6.07, 6.45) is 1.00. The molecule has 0 atom stereocenters. The number of phenols is 2. The highest BCUT2D eigenvalue weighted by atomic mass is 16.3. The molecule has 0 radical (unpaired) electrons. The highest BCUT2D eigenvalue weighted by Gasteiger charge is 2.15. The van der Waals surface area contributed by atoms with Gasteiger partial charge in [0.1, 0.15) is 17.1 Å². The van der Waals surface area contributed by atoms with Crippen LogP contribution in [0.25, 0.3) is 0 Å². The fourth-order valence-electron chi connectivity index (χ4n) is 1.49. The van der Waals surface area contributed by atoms with Crippen molar-refractivity contribution in [2.45, 2.75) is 19.8 Å². The summed E-state index contributed by atoms with van der Waals surface area (Å²) in [7, 11) is 0. The van der Waals surface area contributed by atoms with Crippen LogP contribution in [0.3, 0.4) is 0 Å². The first-order chi connectivity index (χ1) is 9.06. The maximum Gasteiger partial charge on any atom is 0.258 e. The second-order valence-corrected chi connectivity index (χ2v) is 4.03. The van der Waals surface area contributed by atoms with E-state index in [1.807, 2.05) is 6.92 Å². The molecule has 4 N–H and O–H groups in total. The summed E-state index contributed by atoms with van der Waals surface area (Å²) < 4.78 is 0. The molecule has 6 nitrogen and oxygen atoms in total. The normalized spacial score (nSPS) is 9.95. The Balaban J connectivity index is 2.46. The van der Waals surface area contributed by atoms with Crippen LogP contribution in [-0.2, 0) is 4.79 Å². The maximum absolute atomic E-state index is 11.7. The summed E-state index contributed by atoms with van der Waals surface area (Å²) >= 11 is 0. The first kappa shape index (κ1) is 14.8. The predicted octanol–water partition coefficient (Wildman–Crippen LogP) is 0.744. The van der Waals surface area contributed by atoms with E-state index in [1.165, 1.54) is 18.2 Å². The minimum atomic E-state index is -0.612. The van der Waals surface area contributed by atoms with Gasteiger partial charge in [0.05, 0.1) is 0 Å². The Hall–Kier alpha value is -2.24. The van der Waals surface area contributed by atoms with E-state index < -0.39 is 5.91 Å². The lowest BCUT2D eigenvalue weighted by atomic mass is 10.1. The van der Waals surface area contributed by atoms with Crippen molar-refractivity contribution < 1.29 is 19.8 Å². The Kier molecular flexibility index (Phi) is 5.66. The van der Waals surface area contributed by atoms with E-state index in [4.69, 9.17) is 0 Å². The molecule has 1 aromatic rings. The number of carbonyl (C=O) groups excluding carboxylic acids is 2. The lowest BCUT2D eigenvalue weighted by Crippen LogP contribution is -2.31. The number of aromatic hydroxyl groups is 2. The maximum atomic E-state index is 11.7. The van der Waals surface area contributed by atoms with Gasteiger partial charge in [-0.2, -0.15) is 0 Å². The molecule has 0 spiro atoms. The van der Waals surface area contributed by atoms with Gasteiger partial charge in [-0.15, -0.1) is 0 Å². The van der Waals surface area contributed by atoms with Crippen LogP contribution in [0.15, 0.2) is 18.2 Å². The molecule has 0 aliphatic heterocycles. The zero-order chi connectivity index (χ0) is 14.3. The number of benzene rings is 1.